The topological polar surface area (TPSA) is 29.3 Å². The number of benzene rings is 1. The minimum Gasteiger partial charge on any atom is -0.329 e. The highest BCUT2D eigenvalue weighted by molar-refractivity contribution is 5.26. The first-order valence-electron chi connectivity index (χ1n) is 7.65. The second kappa shape index (κ2) is 6.23. The molecular weight excluding hydrogens is 251 g/mol. The van der Waals surface area contributed by atoms with E-state index in [0.29, 0.717) is 30.0 Å². The molecule has 0 aromatic heterocycles. The van der Waals surface area contributed by atoms with E-state index in [0.717, 1.165) is 12.1 Å². The van der Waals surface area contributed by atoms with Gasteiger partial charge in [-0.25, -0.2) is 4.39 Å². The van der Waals surface area contributed by atoms with Crippen LogP contribution in [0, 0.1) is 24.6 Å². The second-order valence-electron chi connectivity index (χ2n) is 6.52. The molecule has 2 N–H and O–H groups in total. The van der Waals surface area contributed by atoms with Gasteiger partial charge >= 0.3 is 0 Å². The maximum Gasteiger partial charge on any atom is 0.126 e. The van der Waals surface area contributed by atoms with Crippen LogP contribution in [0.1, 0.15) is 44.4 Å². The molecule has 0 aliphatic carbocycles. The van der Waals surface area contributed by atoms with Crippen LogP contribution in [0.4, 0.5) is 4.39 Å². The van der Waals surface area contributed by atoms with Gasteiger partial charge in [0.2, 0.25) is 0 Å². The molecule has 1 aromatic carbocycles. The highest BCUT2D eigenvalue weighted by Crippen LogP contribution is 2.33. The fourth-order valence-corrected chi connectivity index (χ4v) is 3.45. The third-order valence-corrected chi connectivity index (χ3v) is 4.85. The maximum atomic E-state index is 13.8. The molecule has 112 valence electrons. The van der Waals surface area contributed by atoms with Crippen molar-refractivity contribution in [2.75, 3.05) is 13.1 Å². The third kappa shape index (κ3) is 3.04. The Morgan fingerprint density at radius 3 is 2.65 bits per heavy atom. The Labute approximate surface area is 122 Å². The second-order valence-corrected chi connectivity index (χ2v) is 6.52. The summed E-state index contributed by atoms with van der Waals surface area (Å²) in [5.41, 5.74) is 7.71. The van der Waals surface area contributed by atoms with Gasteiger partial charge in [0.1, 0.15) is 5.82 Å². The standard InChI is InChI=1S/C17H27FN2/c1-11-7-13(3)14(4)20(10-11)17(9-19)15-6-5-12(2)16(18)8-15/h5-6,8,11,13-14,17H,7,9-10,19H2,1-4H3. The predicted octanol–water partition coefficient (Wildman–Crippen LogP) is 3.50. The van der Waals surface area contributed by atoms with E-state index in [2.05, 4.69) is 25.7 Å². The Balaban J connectivity index is 2.28. The molecule has 3 heteroatoms. The first-order chi connectivity index (χ1) is 9.43. The molecule has 4 unspecified atom stereocenters. The first kappa shape index (κ1) is 15.5. The normalized spacial score (nSPS) is 29.4. The Hall–Kier alpha value is -0.930. The summed E-state index contributed by atoms with van der Waals surface area (Å²) in [6, 6.07) is 6.14. The molecule has 1 aromatic rings. The number of nitrogens with two attached hydrogens (primary N) is 1. The Morgan fingerprint density at radius 1 is 1.35 bits per heavy atom. The summed E-state index contributed by atoms with van der Waals surface area (Å²) in [7, 11) is 0. The molecule has 2 rings (SSSR count). The largest absolute Gasteiger partial charge is 0.329 e. The number of likely N-dealkylation sites (tertiary alicyclic amines) is 1. The van der Waals surface area contributed by atoms with Crippen LogP contribution in [0.15, 0.2) is 18.2 Å². The molecular formula is C17H27FN2. The van der Waals surface area contributed by atoms with E-state index >= 15 is 0 Å². The summed E-state index contributed by atoms with van der Waals surface area (Å²) in [6.45, 7) is 10.2. The number of aryl methyl sites for hydroxylation is 1. The summed E-state index contributed by atoms with van der Waals surface area (Å²) in [5, 5.41) is 0. The van der Waals surface area contributed by atoms with Crippen LogP contribution in [0.5, 0.6) is 0 Å². The highest BCUT2D eigenvalue weighted by Gasteiger charge is 2.33. The zero-order valence-electron chi connectivity index (χ0n) is 13.1. The van der Waals surface area contributed by atoms with Gasteiger partial charge in [-0.15, -0.1) is 0 Å². The van der Waals surface area contributed by atoms with Gasteiger partial charge in [-0.2, -0.15) is 0 Å². The van der Waals surface area contributed by atoms with Crippen molar-refractivity contribution in [2.45, 2.75) is 46.2 Å². The number of piperidine rings is 1. The van der Waals surface area contributed by atoms with Gasteiger partial charge in [0.25, 0.3) is 0 Å². The Kier molecular flexibility index (Phi) is 4.82. The summed E-state index contributed by atoms with van der Waals surface area (Å²) in [4.78, 5) is 2.46. The fraction of sp³-hybridized carbons (Fsp3) is 0.647. The molecule has 1 aliphatic rings. The highest BCUT2D eigenvalue weighted by atomic mass is 19.1. The van der Waals surface area contributed by atoms with Crippen molar-refractivity contribution in [1.82, 2.24) is 4.90 Å². The van der Waals surface area contributed by atoms with E-state index in [1.807, 2.05) is 12.1 Å². The smallest absolute Gasteiger partial charge is 0.126 e. The van der Waals surface area contributed by atoms with Crippen molar-refractivity contribution in [3.05, 3.63) is 35.1 Å². The van der Waals surface area contributed by atoms with Gasteiger partial charge in [0.05, 0.1) is 0 Å². The van der Waals surface area contributed by atoms with Gasteiger partial charge in [-0.1, -0.05) is 26.0 Å². The summed E-state index contributed by atoms with van der Waals surface area (Å²) >= 11 is 0. The summed E-state index contributed by atoms with van der Waals surface area (Å²) in [6.07, 6.45) is 1.26. The van der Waals surface area contributed by atoms with E-state index in [9.17, 15) is 4.39 Å². The predicted molar refractivity (Wildman–Crippen MR) is 82.0 cm³/mol. The molecule has 0 radical (unpaired) electrons. The molecule has 2 nitrogen and oxygen atoms in total. The van der Waals surface area contributed by atoms with Gasteiger partial charge < -0.3 is 5.73 Å². The Morgan fingerprint density at radius 2 is 2.05 bits per heavy atom. The SMILES string of the molecule is Cc1ccc(C(CN)N2CC(C)CC(C)C2C)cc1F. The van der Waals surface area contributed by atoms with Crippen LogP contribution in [0.3, 0.4) is 0 Å². The molecule has 1 aliphatic heterocycles. The molecule has 0 spiro atoms. The van der Waals surface area contributed by atoms with E-state index in [1.165, 1.54) is 6.42 Å². The summed E-state index contributed by atoms with van der Waals surface area (Å²) in [5.74, 6) is 1.19. The monoisotopic (exact) mass is 278 g/mol. The quantitative estimate of drug-likeness (QED) is 0.917. The van der Waals surface area contributed by atoms with Crippen molar-refractivity contribution >= 4 is 0 Å². The number of hydrogen-bond donors (Lipinski definition) is 1. The maximum absolute atomic E-state index is 13.8. The average molecular weight is 278 g/mol. The molecule has 0 saturated carbocycles. The lowest BCUT2D eigenvalue weighted by Crippen LogP contribution is -2.49. The van der Waals surface area contributed by atoms with Crippen molar-refractivity contribution in [1.29, 1.82) is 0 Å². The van der Waals surface area contributed by atoms with Gasteiger partial charge in [0.15, 0.2) is 0 Å². The Bertz CT molecular complexity index is 460. The molecule has 0 amide bonds. The first-order valence-corrected chi connectivity index (χ1v) is 7.65. The molecule has 4 atom stereocenters. The minimum atomic E-state index is -0.133. The lowest BCUT2D eigenvalue weighted by atomic mass is 9.84. The number of hydrogen-bond acceptors (Lipinski definition) is 2. The zero-order chi connectivity index (χ0) is 14.9. The minimum absolute atomic E-state index is 0.116. The van der Waals surface area contributed by atoms with E-state index < -0.39 is 0 Å². The number of rotatable bonds is 3. The van der Waals surface area contributed by atoms with Gasteiger partial charge in [0, 0.05) is 25.2 Å². The lowest BCUT2D eigenvalue weighted by Gasteiger charge is -2.45. The molecule has 1 saturated heterocycles. The molecule has 1 fully saturated rings. The third-order valence-electron chi connectivity index (χ3n) is 4.85. The fourth-order valence-electron chi connectivity index (χ4n) is 3.45. The van der Waals surface area contributed by atoms with Crippen LogP contribution in [0.2, 0.25) is 0 Å². The summed E-state index contributed by atoms with van der Waals surface area (Å²) < 4.78 is 13.8. The van der Waals surface area contributed by atoms with Crippen molar-refractivity contribution in [2.24, 2.45) is 17.6 Å². The number of halogens is 1. The van der Waals surface area contributed by atoms with Crippen LogP contribution in [-0.4, -0.2) is 24.0 Å². The van der Waals surface area contributed by atoms with Crippen LogP contribution in [-0.2, 0) is 0 Å². The van der Waals surface area contributed by atoms with Gasteiger partial charge in [-0.05, 0) is 49.3 Å². The van der Waals surface area contributed by atoms with Crippen molar-refractivity contribution in [3.63, 3.8) is 0 Å². The van der Waals surface area contributed by atoms with E-state index in [4.69, 9.17) is 5.73 Å². The van der Waals surface area contributed by atoms with Gasteiger partial charge in [-0.3, -0.25) is 4.90 Å². The molecule has 1 heterocycles. The van der Waals surface area contributed by atoms with Crippen LogP contribution in [0.25, 0.3) is 0 Å². The average Bonchev–Trinajstić information content (AvgIpc) is 2.40. The van der Waals surface area contributed by atoms with E-state index in [1.54, 1.807) is 13.0 Å². The van der Waals surface area contributed by atoms with Crippen molar-refractivity contribution in [3.8, 4) is 0 Å². The lowest BCUT2D eigenvalue weighted by molar-refractivity contribution is 0.0423. The zero-order valence-corrected chi connectivity index (χ0v) is 13.1. The molecule has 20 heavy (non-hydrogen) atoms. The van der Waals surface area contributed by atoms with Crippen LogP contribution < -0.4 is 5.73 Å². The molecule has 0 bridgehead atoms. The van der Waals surface area contributed by atoms with Crippen molar-refractivity contribution < 1.29 is 4.39 Å². The van der Waals surface area contributed by atoms with E-state index in [-0.39, 0.29) is 11.9 Å². The van der Waals surface area contributed by atoms with Crippen LogP contribution >= 0.6 is 0 Å². The number of nitrogens with zero attached hydrogens (tertiary/aromatic N) is 1.